The van der Waals surface area contributed by atoms with Gasteiger partial charge in [0.15, 0.2) is 0 Å². The van der Waals surface area contributed by atoms with Crippen LogP contribution in [-0.4, -0.2) is 30.6 Å². The number of aliphatic imine (C=N–C) groups is 1. The maximum atomic E-state index is 10.6. The van der Waals surface area contributed by atoms with Gasteiger partial charge in [0, 0.05) is 10.8 Å². The number of rotatable bonds is 5. The second-order valence-corrected chi connectivity index (χ2v) is 8.15. The lowest BCUT2D eigenvalue weighted by molar-refractivity contribution is 0.395. The largest absolute Gasteiger partial charge is 0.387 e. The summed E-state index contributed by atoms with van der Waals surface area (Å²) in [5.41, 5.74) is 5.68. The van der Waals surface area contributed by atoms with Gasteiger partial charge in [-0.1, -0.05) is 25.7 Å². The van der Waals surface area contributed by atoms with E-state index >= 15 is 0 Å². The molecule has 106 valence electrons. The van der Waals surface area contributed by atoms with Crippen molar-refractivity contribution in [3.63, 3.8) is 0 Å². The fourth-order valence-corrected chi connectivity index (χ4v) is 3.49. The molecule has 0 aromatic rings. The Balaban J connectivity index is 2.47. The molecule has 1 unspecified atom stereocenters. The molecule has 0 saturated heterocycles. The van der Waals surface area contributed by atoms with Crippen LogP contribution in [0.1, 0.15) is 45.4 Å². The monoisotopic (exact) mass is 294 g/mol. The van der Waals surface area contributed by atoms with Crippen LogP contribution in [0.4, 0.5) is 0 Å². The van der Waals surface area contributed by atoms with E-state index in [4.69, 9.17) is 10.3 Å². The third-order valence-electron chi connectivity index (χ3n) is 3.31. The van der Waals surface area contributed by atoms with Crippen molar-refractivity contribution in [2.24, 2.45) is 16.6 Å². The van der Waals surface area contributed by atoms with Crippen LogP contribution < -0.4 is 5.73 Å². The van der Waals surface area contributed by atoms with Crippen LogP contribution >= 0.6 is 10.8 Å². The zero-order valence-corrected chi connectivity index (χ0v) is 12.3. The Morgan fingerprint density at radius 1 is 1.39 bits per heavy atom. The van der Waals surface area contributed by atoms with E-state index in [0.29, 0.717) is 16.7 Å². The number of nitrogens with zero attached hydrogens (tertiary/aromatic N) is 1. The zero-order chi connectivity index (χ0) is 13.6. The van der Waals surface area contributed by atoms with Crippen LogP contribution in [0.3, 0.4) is 0 Å². The first-order chi connectivity index (χ1) is 8.38. The summed E-state index contributed by atoms with van der Waals surface area (Å²) in [7, 11) is -3.62. The first kappa shape index (κ1) is 15.8. The summed E-state index contributed by atoms with van der Waals surface area (Å²) in [5, 5.41) is 0. The highest BCUT2D eigenvalue weighted by Crippen LogP contribution is 2.27. The van der Waals surface area contributed by atoms with Gasteiger partial charge in [0.2, 0.25) is 0 Å². The van der Waals surface area contributed by atoms with Crippen molar-refractivity contribution in [3.8, 4) is 0 Å². The van der Waals surface area contributed by atoms with E-state index in [-0.39, 0.29) is 17.6 Å². The lowest BCUT2D eigenvalue weighted by atomic mass is 9.93. The summed E-state index contributed by atoms with van der Waals surface area (Å²) in [6.07, 6.45) is 7.41. The van der Waals surface area contributed by atoms with E-state index in [9.17, 15) is 8.42 Å². The maximum Gasteiger partial charge on any atom is 0.320 e. The predicted octanol–water partition coefficient (Wildman–Crippen LogP) is 2.24. The Morgan fingerprint density at radius 2 is 1.94 bits per heavy atom. The lowest BCUT2D eigenvalue weighted by Crippen LogP contribution is -2.23. The fourth-order valence-electron chi connectivity index (χ4n) is 2.33. The Hall–Kier alpha value is -0.270. The quantitative estimate of drug-likeness (QED) is 0.267. The highest BCUT2D eigenvalue weighted by atomic mass is 33.1. The van der Waals surface area contributed by atoms with Gasteiger partial charge in [0.05, 0.1) is 11.8 Å². The number of hydrogen-bond acceptors (Lipinski definition) is 4. The molecule has 3 N–H and O–H groups in total. The van der Waals surface area contributed by atoms with Gasteiger partial charge in [-0.05, 0) is 25.7 Å². The molecule has 0 aromatic carbocycles. The van der Waals surface area contributed by atoms with Crippen LogP contribution in [0.25, 0.3) is 0 Å². The molecule has 0 heterocycles. The van der Waals surface area contributed by atoms with Gasteiger partial charge in [-0.15, -0.1) is 0 Å². The third kappa shape index (κ3) is 6.61. The minimum atomic E-state index is -4.03. The van der Waals surface area contributed by atoms with Gasteiger partial charge in [-0.25, -0.2) is 0 Å². The van der Waals surface area contributed by atoms with E-state index in [1.807, 2.05) is 6.92 Å². The Morgan fingerprint density at radius 3 is 2.44 bits per heavy atom. The summed E-state index contributed by atoms with van der Waals surface area (Å²) in [6.45, 7) is 2.03. The molecule has 0 aromatic heterocycles. The van der Waals surface area contributed by atoms with Crippen LogP contribution in [0, 0.1) is 5.92 Å². The Labute approximate surface area is 113 Å². The van der Waals surface area contributed by atoms with Crippen molar-refractivity contribution in [2.45, 2.75) is 51.5 Å². The highest BCUT2D eigenvalue weighted by Gasteiger charge is 2.19. The molecule has 1 rings (SSSR count). The van der Waals surface area contributed by atoms with Gasteiger partial charge in [0.25, 0.3) is 0 Å². The molecule has 1 fully saturated rings. The molecule has 1 saturated carbocycles. The normalized spacial score (nSPS) is 21.6. The second kappa shape index (κ2) is 7.35. The van der Waals surface area contributed by atoms with Crippen molar-refractivity contribution in [1.82, 2.24) is 0 Å². The molecular formula is C11H22N2O3S2. The first-order valence-corrected chi connectivity index (χ1v) is 9.26. The average molecular weight is 294 g/mol. The molecule has 0 radical (unpaired) electrons. The van der Waals surface area contributed by atoms with Gasteiger partial charge in [-0.2, -0.15) is 8.42 Å². The molecule has 0 spiro atoms. The molecule has 5 nitrogen and oxygen atoms in total. The highest BCUT2D eigenvalue weighted by molar-refractivity contribution is 8.70. The van der Waals surface area contributed by atoms with Crippen molar-refractivity contribution in [2.75, 3.05) is 5.75 Å². The molecular weight excluding hydrogens is 272 g/mol. The summed E-state index contributed by atoms with van der Waals surface area (Å²) in [5.74, 6) is 0.853. The SMILES string of the molecule is CC(N=C(N)CSS(=O)(=O)O)C1CCCCCC1. The number of nitrogens with two attached hydrogens (primary N) is 1. The third-order valence-corrected chi connectivity index (χ3v) is 5.27. The summed E-state index contributed by atoms with van der Waals surface area (Å²) >= 11 is 0. The molecule has 1 atom stereocenters. The molecule has 0 aliphatic heterocycles. The fraction of sp³-hybridized carbons (Fsp3) is 0.909. The van der Waals surface area contributed by atoms with Crippen LogP contribution in [0.15, 0.2) is 4.99 Å². The second-order valence-electron chi connectivity index (χ2n) is 4.80. The van der Waals surface area contributed by atoms with E-state index in [2.05, 4.69) is 4.99 Å². The minimum absolute atomic E-state index is 0.0237. The number of amidine groups is 1. The Bertz CT molecular complexity index is 374. The maximum absolute atomic E-state index is 10.6. The average Bonchev–Trinajstić information content (AvgIpc) is 2.54. The van der Waals surface area contributed by atoms with Gasteiger partial charge in [0.1, 0.15) is 5.84 Å². The molecule has 0 amide bonds. The smallest absolute Gasteiger partial charge is 0.320 e. The van der Waals surface area contributed by atoms with E-state index in [1.54, 1.807) is 0 Å². The topological polar surface area (TPSA) is 92.8 Å². The predicted molar refractivity (Wildman–Crippen MR) is 76.3 cm³/mol. The Kier molecular flexibility index (Phi) is 6.45. The van der Waals surface area contributed by atoms with Crippen LogP contribution in [0.2, 0.25) is 0 Å². The van der Waals surface area contributed by atoms with E-state index in [1.165, 1.54) is 38.5 Å². The van der Waals surface area contributed by atoms with Crippen molar-refractivity contribution >= 4 is 25.8 Å². The summed E-state index contributed by atoms with van der Waals surface area (Å²) < 4.78 is 29.8. The minimum Gasteiger partial charge on any atom is -0.387 e. The molecule has 18 heavy (non-hydrogen) atoms. The van der Waals surface area contributed by atoms with Crippen molar-refractivity contribution in [3.05, 3.63) is 0 Å². The standard InChI is InChI=1S/C11H22N2O3S2/c1-9(10-6-4-2-3-5-7-10)13-11(12)8-17-18(14,15)16/h9-10H,2-8H2,1H3,(H2,12,13)(H,14,15,16). The zero-order valence-electron chi connectivity index (χ0n) is 10.7. The van der Waals surface area contributed by atoms with E-state index < -0.39 is 9.15 Å². The van der Waals surface area contributed by atoms with E-state index in [0.717, 1.165) is 0 Å². The molecule has 1 aliphatic carbocycles. The van der Waals surface area contributed by atoms with Gasteiger partial charge >= 0.3 is 9.15 Å². The molecule has 0 bridgehead atoms. The summed E-state index contributed by atoms with van der Waals surface area (Å²) in [4.78, 5) is 4.34. The first-order valence-electron chi connectivity index (χ1n) is 6.32. The summed E-state index contributed by atoms with van der Waals surface area (Å²) in [6, 6.07) is 0.130. The number of hydrogen-bond donors (Lipinski definition) is 2. The molecule has 7 heteroatoms. The molecule has 1 aliphatic rings. The van der Waals surface area contributed by atoms with Gasteiger partial charge in [-0.3, -0.25) is 9.55 Å². The van der Waals surface area contributed by atoms with Crippen LogP contribution in [-0.2, 0) is 9.15 Å². The van der Waals surface area contributed by atoms with Crippen LogP contribution in [0.5, 0.6) is 0 Å². The van der Waals surface area contributed by atoms with Crippen molar-refractivity contribution < 1.29 is 13.0 Å². The lowest BCUT2D eigenvalue weighted by Gasteiger charge is -2.19. The van der Waals surface area contributed by atoms with Gasteiger partial charge < -0.3 is 5.73 Å². The van der Waals surface area contributed by atoms with Crippen molar-refractivity contribution in [1.29, 1.82) is 0 Å².